The number of allylic oxidation sites excluding steroid dienone is 1. The highest BCUT2D eigenvalue weighted by molar-refractivity contribution is 7.10. The maximum Gasteiger partial charge on any atom is 0.434 e. The van der Waals surface area contributed by atoms with Crippen molar-refractivity contribution in [3.63, 3.8) is 0 Å². The molecular weight excluding hydrogens is 333 g/mol. The highest BCUT2D eigenvalue weighted by Crippen LogP contribution is 2.30. The maximum atomic E-state index is 12.4. The first kappa shape index (κ1) is 16.5. The van der Waals surface area contributed by atoms with Crippen LogP contribution in [0.3, 0.4) is 0 Å². The van der Waals surface area contributed by atoms with Gasteiger partial charge in [0.05, 0.1) is 12.2 Å². The van der Waals surface area contributed by atoms with E-state index in [1.807, 2.05) is 12.3 Å². The quantitative estimate of drug-likeness (QED) is 0.762. The molecule has 0 saturated carbocycles. The molecule has 2 aromatic rings. The van der Waals surface area contributed by atoms with Crippen LogP contribution in [0.1, 0.15) is 21.4 Å². The smallest absolute Gasteiger partial charge is 0.286 e. The standard InChI is InChI=1S/C13H11F3N4S2/c1-8-6-22-12(19-8)9(17-2)3-4-18-5-11-20-10(7-21-11)13(14,15)16/h3-4,6-7H,2,5H2,1H3/b9-3-,18-4?. The zero-order valence-corrected chi connectivity index (χ0v) is 13.1. The lowest BCUT2D eigenvalue weighted by molar-refractivity contribution is -0.140. The molecular formula is C13H11F3N4S2. The van der Waals surface area contributed by atoms with Crippen molar-refractivity contribution < 1.29 is 13.2 Å². The molecule has 116 valence electrons. The topological polar surface area (TPSA) is 50.5 Å². The molecule has 0 aliphatic rings. The third-order valence-corrected chi connectivity index (χ3v) is 4.23. The van der Waals surface area contributed by atoms with Gasteiger partial charge in [0.15, 0.2) is 5.69 Å². The lowest BCUT2D eigenvalue weighted by Crippen LogP contribution is -2.05. The highest BCUT2D eigenvalue weighted by Gasteiger charge is 2.33. The lowest BCUT2D eigenvalue weighted by Gasteiger charge is -1.99. The van der Waals surface area contributed by atoms with E-state index in [9.17, 15) is 13.2 Å². The van der Waals surface area contributed by atoms with Crippen LogP contribution in [0.25, 0.3) is 5.70 Å². The van der Waals surface area contributed by atoms with Crippen molar-refractivity contribution in [2.24, 2.45) is 9.98 Å². The molecule has 0 atom stereocenters. The first-order valence-electron chi connectivity index (χ1n) is 6.01. The Labute approximate surface area is 132 Å². The second-order valence-corrected chi connectivity index (χ2v) is 5.92. The molecule has 0 aromatic carbocycles. The van der Waals surface area contributed by atoms with Crippen LogP contribution in [0.5, 0.6) is 0 Å². The van der Waals surface area contributed by atoms with E-state index in [0.717, 1.165) is 22.4 Å². The number of hydrogen-bond acceptors (Lipinski definition) is 6. The van der Waals surface area contributed by atoms with E-state index in [1.54, 1.807) is 6.08 Å². The van der Waals surface area contributed by atoms with Crippen LogP contribution in [0.4, 0.5) is 13.2 Å². The van der Waals surface area contributed by atoms with E-state index in [4.69, 9.17) is 0 Å². The van der Waals surface area contributed by atoms with E-state index >= 15 is 0 Å². The average Bonchev–Trinajstić information content (AvgIpc) is 3.07. The number of aryl methyl sites for hydroxylation is 1. The number of halogens is 3. The van der Waals surface area contributed by atoms with Crippen LogP contribution >= 0.6 is 22.7 Å². The molecule has 0 radical (unpaired) electrons. The van der Waals surface area contributed by atoms with Crippen LogP contribution in [0.15, 0.2) is 26.8 Å². The molecule has 2 heterocycles. The van der Waals surface area contributed by atoms with Gasteiger partial charge in [0.1, 0.15) is 10.0 Å². The Morgan fingerprint density at radius 1 is 1.32 bits per heavy atom. The molecule has 2 rings (SSSR count). The summed E-state index contributed by atoms with van der Waals surface area (Å²) in [5.41, 5.74) is 0.566. The molecule has 9 heteroatoms. The molecule has 0 spiro atoms. The summed E-state index contributed by atoms with van der Waals surface area (Å²) >= 11 is 2.36. The van der Waals surface area contributed by atoms with E-state index in [2.05, 4.69) is 26.7 Å². The van der Waals surface area contributed by atoms with E-state index in [1.165, 1.54) is 17.6 Å². The first-order chi connectivity index (χ1) is 10.4. The summed E-state index contributed by atoms with van der Waals surface area (Å²) in [6, 6.07) is 0. The summed E-state index contributed by atoms with van der Waals surface area (Å²) < 4.78 is 37.2. The molecule has 4 nitrogen and oxygen atoms in total. The third kappa shape index (κ3) is 4.31. The second-order valence-electron chi connectivity index (χ2n) is 4.12. The number of thiazole rings is 2. The summed E-state index contributed by atoms with van der Waals surface area (Å²) in [5.74, 6) is 0. The van der Waals surface area contributed by atoms with Crippen LogP contribution in [-0.2, 0) is 12.7 Å². The molecule has 22 heavy (non-hydrogen) atoms. The SMILES string of the molecule is C=N/C(=C\C=NCc1nc(C(F)(F)F)cs1)c1nc(C)cs1. The summed E-state index contributed by atoms with van der Waals surface area (Å²) in [6.45, 7) is 5.42. The fourth-order valence-corrected chi connectivity index (χ4v) is 2.95. The largest absolute Gasteiger partial charge is 0.434 e. The Morgan fingerprint density at radius 2 is 2.09 bits per heavy atom. The molecule has 0 bridgehead atoms. The molecule has 0 aliphatic heterocycles. The van der Waals surface area contributed by atoms with Crippen LogP contribution in [-0.4, -0.2) is 22.9 Å². The molecule has 0 unspecified atom stereocenters. The summed E-state index contributed by atoms with van der Waals surface area (Å²) in [5, 5.41) is 3.89. The van der Waals surface area contributed by atoms with E-state index in [-0.39, 0.29) is 6.54 Å². The van der Waals surface area contributed by atoms with Crippen molar-refractivity contribution in [2.75, 3.05) is 0 Å². The summed E-state index contributed by atoms with van der Waals surface area (Å²) in [4.78, 5) is 15.6. The monoisotopic (exact) mass is 344 g/mol. The molecule has 0 amide bonds. The number of alkyl halides is 3. The maximum absolute atomic E-state index is 12.4. The lowest BCUT2D eigenvalue weighted by atomic mass is 10.4. The van der Waals surface area contributed by atoms with Crippen molar-refractivity contribution in [1.82, 2.24) is 9.97 Å². The van der Waals surface area contributed by atoms with Crippen LogP contribution < -0.4 is 0 Å². The number of rotatable bonds is 5. The first-order valence-corrected chi connectivity index (χ1v) is 7.77. The zero-order chi connectivity index (χ0) is 16.2. The number of aromatic nitrogens is 2. The van der Waals surface area contributed by atoms with Gasteiger partial charge in [-0.3, -0.25) is 9.98 Å². The van der Waals surface area contributed by atoms with Gasteiger partial charge < -0.3 is 0 Å². The number of nitrogens with zero attached hydrogens (tertiary/aromatic N) is 4. The van der Waals surface area contributed by atoms with Crippen LogP contribution in [0, 0.1) is 6.92 Å². The molecule has 0 N–H and O–H groups in total. The van der Waals surface area contributed by atoms with E-state index < -0.39 is 11.9 Å². The van der Waals surface area contributed by atoms with Gasteiger partial charge in [0, 0.05) is 22.7 Å². The molecule has 0 saturated heterocycles. The average molecular weight is 344 g/mol. The van der Waals surface area contributed by atoms with Gasteiger partial charge >= 0.3 is 6.18 Å². The summed E-state index contributed by atoms with van der Waals surface area (Å²) in [7, 11) is 0. The van der Waals surface area contributed by atoms with E-state index in [0.29, 0.717) is 15.7 Å². The predicted molar refractivity (Wildman–Crippen MR) is 83.7 cm³/mol. The van der Waals surface area contributed by atoms with Gasteiger partial charge in [0.25, 0.3) is 0 Å². The fraction of sp³-hybridized carbons (Fsp3) is 0.231. The van der Waals surface area contributed by atoms with Crippen LogP contribution in [0.2, 0.25) is 0 Å². The summed E-state index contributed by atoms with van der Waals surface area (Å²) in [6.07, 6.45) is -1.33. The minimum Gasteiger partial charge on any atom is -0.286 e. The number of aliphatic imine (C=N–C) groups is 2. The molecule has 0 fully saturated rings. The van der Waals surface area contributed by atoms with Crippen molar-refractivity contribution >= 4 is 41.3 Å². The number of hydrogen-bond donors (Lipinski definition) is 0. The van der Waals surface area contributed by atoms with Gasteiger partial charge in [-0.1, -0.05) is 0 Å². The van der Waals surface area contributed by atoms with Crippen molar-refractivity contribution in [3.05, 3.63) is 38.2 Å². The normalized spacial score (nSPS) is 13.0. The van der Waals surface area contributed by atoms with Gasteiger partial charge in [-0.25, -0.2) is 9.97 Å². The Hall–Kier alpha value is -1.87. The Bertz CT molecular complexity index is 713. The van der Waals surface area contributed by atoms with Gasteiger partial charge in [0.2, 0.25) is 0 Å². The zero-order valence-electron chi connectivity index (χ0n) is 11.5. The minimum absolute atomic E-state index is 0.0819. The van der Waals surface area contributed by atoms with Crippen molar-refractivity contribution in [2.45, 2.75) is 19.6 Å². The van der Waals surface area contributed by atoms with Crippen molar-refractivity contribution in [3.8, 4) is 0 Å². The predicted octanol–water partition coefficient (Wildman–Crippen LogP) is 4.24. The Morgan fingerprint density at radius 3 is 2.64 bits per heavy atom. The Balaban J connectivity index is 2.01. The van der Waals surface area contributed by atoms with Gasteiger partial charge in [-0.2, -0.15) is 13.2 Å². The molecule has 2 aromatic heterocycles. The molecule has 0 aliphatic carbocycles. The second kappa shape index (κ2) is 6.93. The van der Waals surface area contributed by atoms with Crippen molar-refractivity contribution in [1.29, 1.82) is 0 Å². The third-order valence-electron chi connectivity index (χ3n) is 2.42. The Kier molecular flexibility index (Phi) is 5.19. The van der Waals surface area contributed by atoms with Gasteiger partial charge in [-0.15, -0.1) is 22.7 Å². The minimum atomic E-state index is -4.42. The fourth-order valence-electron chi connectivity index (χ4n) is 1.43. The van der Waals surface area contributed by atoms with Gasteiger partial charge in [-0.05, 0) is 19.7 Å². The highest BCUT2D eigenvalue weighted by atomic mass is 32.1.